The van der Waals surface area contributed by atoms with E-state index in [-0.39, 0.29) is 31.6 Å². The summed E-state index contributed by atoms with van der Waals surface area (Å²) in [6.45, 7) is 11.9. The number of allylic oxidation sites excluding steroid dienone is 2. The molecule has 193 valence electrons. The van der Waals surface area contributed by atoms with Crippen LogP contribution in [0, 0.1) is 6.07 Å². The summed E-state index contributed by atoms with van der Waals surface area (Å²) in [5.41, 5.74) is 4.92. The van der Waals surface area contributed by atoms with Gasteiger partial charge in [0.15, 0.2) is 5.78 Å². The molecule has 1 radical (unpaired) electrons. The van der Waals surface area contributed by atoms with Gasteiger partial charge in [-0.3, -0.25) is 9.78 Å². The molecule has 0 aliphatic rings. The molecule has 5 aromatic rings. The topological polar surface area (TPSA) is 50.2 Å². The molecule has 0 saturated carbocycles. The fourth-order valence-corrected chi connectivity index (χ4v) is 6.01. The Morgan fingerprint density at radius 1 is 0.892 bits per heavy atom. The van der Waals surface area contributed by atoms with Gasteiger partial charge in [0, 0.05) is 52.9 Å². The number of carbonyl (C=O) groups excluding carboxylic acids is 1. The third kappa shape index (κ3) is 6.18. The van der Waals surface area contributed by atoms with Gasteiger partial charge in [-0.05, 0) is 42.7 Å². The Labute approximate surface area is 236 Å². The molecule has 5 rings (SSSR count). The number of carbonyl (C=O) groups is 1. The molecule has 5 heteroatoms. The molecule has 37 heavy (non-hydrogen) atoms. The number of ketones is 1. The first-order valence-corrected chi connectivity index (χ1v) is 13.1. The molecule has 2 heterocycles. The van der Waals surface area contributed by atoms with Gasteiger partial charge in [-0.1, -0.05) is 75.0 Å². The molecule has 2 aromatic heterocycles. The molecule has 0 atom stereocenters. The maximum Gasteiger partial charge on any atom is 0.155 e. The van der Waals surface area contributed by atoms with Gasteiger partial charge in [0.25, 0.3) is 0 Å². The first-order valence-electron chi connectivity index (χ1n) is 12.3. The molecule has 0 unspecified atom stereocenters. The fraction of sp³-hybridized carbons (Fsp3) is 0.250. The summed E-state index contributed by atoms with van der Waals surface area (Å²) in [6, 6.07) is 23.4. The number of benzene rings is 3. The Bertz CT molecular complexity index is 1590. The van der Waals surface area contributed by atoms with Crippen LogP contribution in [0.4, 0.5) is 0 Å². The first-order chi connectivity index (χ1) is 17.2. The summed E-state index contributed by atoms with van der Waals surface area (Å²) in [7, 11) is 0. The second kappa shape index (κ2) is 12.1. The van der Waals surface area contributed by atoms with E-state index >= 15 is 0 Å². The zero-order chi connectivity index (χ0) is 26.0. The second-order valence-corrected chi connectivity index (χ2v) is 10.8. The predicted molar refractivity (Wildman–Crippen MR) is 154 cm³/mol. The van der Waals surface area contributed by atoms with Gasteiger partial charge >= 0.3 is 0 Å². The standard InChI is InChI=1S/C27H24NS.C5H8O2.Ir/c1-16(2)20-10-7-11-22-23-12-13-28-25(27(23)29-26(20)22)19-14-18-8-5-6-9-21(18)24(15-19)17(3)4;1-4(6)3-5(2)7;/h5-13,15-17H,1-4H3;3,6H,1-2H3;/q-1;;/b;4-3-;. The molecule has 3 aromatic carbocycles. The largest absolute Gasteiger partial charge is 0.512 e. The number of fused-ring (bicyclic) bond motifs is 4. The number of aromatic nitrogens is 1. The number of aliphatic hydroxyl groups is 1. The molecular weight excluding hydrogens is 655 g/mol. The number of thiophene rings is 1. The van der Waals surface area contributed by atoms with Gasteiger partial charge < -0.3 is 5.11 Å². The van der Waals surface area contributed by atoms with Crippen molar-refractivity contribution in [2.45, 2.75) is 53.4 Å². The van der Waals surface area contributed by atoms with Crippen molar-refractivity contribution >= 4 is 48.1 Å². The maximum absolute atomic E-state index is 10.0. The average molecular weight is 687 g/mol. The van der Waals surface area contributed by atoms with E-state index in [2.05, 4.69) is 88.4 Å². The van der Waals surface area contributed by atoms with E-state index in [9.17, 15) is 4.79 Å². The molecule has 0 saturated heterocycles. The van der Waals surface area contributed by atoms with Crippen molar-refractivity contribution in [3.63, 3.8) is 0 Å². The van der Waals surface area contributed by atoms with E-state index in [1.165, 1.54) is 56.6 Å². The minimum Gasteiger partial charge on any atom is -0.512 e. The molecule has 0 aliphatic heterocycles. The Hall–Kier alpha value is -2.85. The third-order valence-corrected chi connectivity index (χ3v) is 7.44. The van der Waals surface area contributed by atoms with Gasteiger partial charge in [-0.2, -0.15) is 0 Å². The van der Waals surface area contributed by atoms with Crippen LogP contribution >= 0.6 is 11.3 Å². The van der Waals surface area contributed by atoms with Crippen LogP contribution in [0.5, 0.6) is 0 Å². The zero-order valence-electron chi connectivity index (χ0n) is 22.0. The Morgan fingerprint density at radius 2 is 1.54 bits per heavy atom. The van der Waals surface area contributed by atoms with Crippen molar-refractivity contribution in [3.8, 4) is 11.3 Å². The second-order valence-electron chi connectivity index (χ2n) is 9.75. The molecular formula is C32H32IrNO2S-. The Kier molecular flexibility index (Phi) is 9.41. The van der Waals surface area contributed by atoms with Crippen molar-refractivity contribution in [1.29, 1.82) is 0 Å². The van der Waals surface area contributed by atoms with Crippen LogP contribution in [0.1, 0.15) is 64.5 Å². The van der Waals surface area contributed by atoms with Gasteiger partial charge in [-0.15, -0.1) is 40.5 Å². The number of pyridine rings is 1. The van der Waals surface area contributed by atoms with Crippen molar-refractivity contribution in [2.24, 2.45) is 0 Å². The van der Waals surface area contributed by atoms with E-state index in [0.29, 0.717) is 11.8 Å². The third-order valence-electron chi connectivity index (χ3n) is 6.16. The smallest absolute Gasteiger partial charge is 0.155 e. The van der Waals surface area contributed by atoms with Crippen LogP contribution in [0.15, 0.2) is 72.6 Å². The van der Waals surface area contributed by atoms with Gasteiger partial charge in [0.2, 0.25) is 0 Å². The summed E-state index contributed by atoms with van der Waals surface area (Å²) in [4.78, 5) is 14.9. The molecule has 0 bridgehead atoms. The van der Waals surface area contributed by atoms with Crippen molar-refractivity contribution in [2.75, 3.05) is 0 Å². The normalized spacial score (nSPS) is 11.6. The summed E-state index contributed by atoms with van der Waals surface area (Å²) in [6.07, 6.45) is 3.12. The molecule has 0 aliphatic carbocycles. The quantitative estimate of drug-likeness (QED) is 0.117. The molecule has 3 nitrogen and oxygen atoms in total. The minimum atomic E-state index is -0.125. The molecule has 0 spiro atoms. The monoisotopic (exact) mass is 687 g/mol. The van der Waals surface area contributed by atoms with E-state index in [1.807, 2.05) is 17.5 Å². The van der Waals surface area contributed by atoms with Crippen LogP contribution < -0.4 is 0 Å². The summed E-state index contributed by atoms with van der Waals surface area (Å²) in [5.74, 6) is 0.887. The van der Waals surface area contributed by atoms with E-state index in [0.717, 1.165) is 16.6 Å². The summed E-state index contributed by atoms with van der Waals surface area (Å²) in [5, 5.41) is 13.4. The van der Waals surface area contributed by atoms with Crippen LogP contribution in [-0.2, 0) is 24.9 Å². The Morgan fingerprint density at radius 3 is 2.16 bits per heavy atom. The van der Waals surface area contributed by atoms with Crippen LogP contribution in [0.3, 0.4) is 0 Å². The minimum absolute atomic E-state index is 0. The predicted octanol–water partition coefficient (Wildman–Crippen LogP) is 9.35. The number of aliphatic hydroxyl groups excluding tert-OH is 1. The van der Waals surface area contributed by atoms with Gasteiger partial charge in [-0.25, -0.2) is 0 Å². The van der Waals surface area contributed by atoms with Crippen LogP contribution in [0.2, 0.25) is 0 Å². The van der Waals surface area contributed by atoms with Gasteiger partial charge in [0.05, 0.1) is 5.76 Å². The van der Waals surface area contributed by atoms with E-state index in [4.69, 9.17) is 10.1 Å². The molecule has 0 amide bonds. The van der Waals surface area contributed by atoms with E-state index < -0.39 is 0 Å². The number of nitrogens with zero attached hydrogens (tertiary/aromatic N) is 1. The maximum atomic E-state index is 10.0. The SMILES string of the molecule is CC(=O)/C=C(/C)O.CC(C)c1cc(-c2nccc3c2sc2c(C(C)C)cccc23)[c-]c2ccccc12.[Ir]. The molecule has 1 N–H and O–H groups in total. The zero-order valence-corrected chi connectivity index (χ0v) is 25.3. The van der Waals surface area contributed by atoms with Crippen LogP contribution in [0.25, 0.3) is 42.2 Å². The summed E-state index contributed by atoms with van der Waals surface area (Å²) >= 11 is 1.88. The van der Waals surface area contributed by atoms with E-state index in [1.54, 1.807) is 0 Å². The number of rotatable bonds is 4. The Balaban J connectivity index is 0.000000422. The number of hydrogen-bond acceptors (Lipinski definition) is 4. The molecule has 0 fully saturated rings. The van der Waals surface area contributed by atoms with Crippen molar-refractivity contribution < 1.29 is 30.0 Å². The number of hydrogen-bond donors (Lipinski definition) is 1. The van der Waals surface area contributed by atoms with Crippen molar-refractivity contribution in [3.05, 3.63) is 89.8 Å². The average Bonchev–Trinajstić information content (AvgIpc) is 3.21. The first kappa shape index (κ1) is 28.7. The summed E-state index contributed by atoms with van der Waals surface area (Å²) < 4.78 is 2.65. The van der Waals surface area contributed by atoms with Crippen LogP contribution in [-0.4, -0.2) is 15.9 Å². The van der Waals surface area contributed by atoms with Gasteiger partial charge in [0.1, 0.15) is 0 Å². The fourth-order valence-electron chi connectivity index (χ4n) is 4.55. The van der Waals surface area contributed by atoms with Crippen molar-refractivity contribution in [1.82, 2.24) is 4.98 Å².